The molecule has 2 atom stereocenters. The van der Waals surface area contributed by atoms with Crippen LogP contribution in [0.1, 0.15) is 73.8 Å². The Morgan fingerprint density at radius 1 is 0.938 bits per heavy atom. The SMILES string of the molecule is CC(C)(C)OC(=O)N[C@@H](CCS(=N)(=O)CCC(C)(C)c1ccccc1)C(=O)OC(C)(C)C. The molecule has 1 unspecified atom stereocenters. The van der Waals surface area contributed by atoms with Crippen molar-refractivity contribution in [2.24, 2.45) is 0 Å². The summed E-state index contributed by atoms with van der Waals surface area (Å²) in [6.45, 7) is 14.5. The van der Waals surface area contributed by atoms with E-state index in [0.29, 0.717) is 6.42 Å². The van der Waals surface area contributed by atoms with E-state index in [9.17, 15) is 13.8 Å². The van der Waals surface area contributed by atoms with Crippen LogP contribution in [0.3, 0.4) is 0 Å². The third-order valence-corrected chi connectivity index (χ3v) is 6.49. The van der Waals surface area contributed by atoms with Gasteiger partial charge in [0, 0.05) is 21.2 Å². The summed E-state index contributed by atoms with van der Waals surface area (Å²) in [4.78, 5) is 24.9. The molecule has 1 aromatic carbocycles. The molecule has 8 heteroatoms. The van der Waals surface area contributed by atoms with Crippen molar-refractivity contribution in [3.63, 3.8) is 0 Å². The first-order chi connectivity index (χ1) is 14.4. The standard InChI is InChI=1S/C24H40N2O5S/c1-22(2,3)30-20(27)19(26-21(28)31-23(4,5)6)14-16-32(25,29)17-15-24(7,8)18-12-10-9-11-13-18/h9-13,19,25H,14-17H2,1-8H3,(H,26,28)/t19-,32?/m0/s1. The minimum Gasteiger partial charge on any atom is -0.458 e. The van der Waals surface area contributed by atoms with E-state index in [2.05, 4.69) is 19.2 Å². The average Bonchev–Trinajstić information content (AvgIpc) is 2.61. The summed E-state index contributed by atoms with van der Waals surface area (Å²) in [6, 6.07) is 8.87. The van der Waals surface area contributed by atoms with E-state index in [1.54, 1.807) is 41.5 Å². The monoisotopic (exact) mass is 468 g/mol. The number of esters is 1. The van der Waals surface area contributed by atoms with E-state index in [1.807, 2.05) is 30.3 Å². The van der Waals surface area contributed by atoms with Crippen molar-refractivity contribution in [1.29, 1.82) is 4.78 Å². The molecule has 0 bridgehead atoms. The lowest BCUT2D eigenvalue weighted by Gasteiger charge is -2.27. The Labute approximate surface area is 193 Å². The highest BCUT2D eigenvalue weighted by molar-refractivity contribution is 7.92. The molecule has 0 saturated carbocycles. The maximum absolute atomic E-state index is 13.0. The molecule has 1 amide bonds. The van der Waals surface area contributed by atoms with E-state index in [1.165, 1.54) is 0 Å². The van der Waals surface area contributed by atoms with Gasteiger partial charge in [0.25, 0.3) is 0 Å². The molecule has 32 heavy (non-hydrogen) atoms. The van der Waals surface area contributed by atoms with Gasteiger partial charge in [0.15, 0.2) is 0 Å². The Kier molecular flexibility index (Phi) is 9.33. The summed E-state index contributed by atoms with van der Waals surface area (Å²) in [5.74, 6) is -0.469. The molecule has 0 saturated heterocycles. The largest absolute Gasteiger partial charge is 0.458 e. The van der Waals surface area contributed by atoms with Gasteiger partial charge in [0.05, 0.1) is 0 Å². The fourth-order valence-electron chi connectivity index (χ4n) is 2.94. The van der Waals surface area contributed by atoms with Crippen LogP contribution >= 0.6 is 0 Å². The Morgan fingerprint density at radius 3 is 1.97 bits per heavy atom. The lowest BCUT2D eigenvalue weighted by atomic mass is 9.82. The van der Waals surface area contributed by atoms with Crippen molar-refractivity contribution in [2.75, 3.05) is 11.5 Å². The van der Waals surface area contributed by atoms with Gasteiger partial charge in [-0.3, -0.25) is 4.78 Å². The maximum Gasteiger partial charge on any atom is 0.408 e. The third-order valence-electron chi connectivity index (χ3n) is 4.73. The van der Waals surface area contributed by atoms with Crippen molar-refractivity contribution in [3.8, 4) is 0 Å². The van der Waals surface area contributed by atoms with Crippen molar-refractivity contribution >= 4 is 21.8 Å². The molecule has 0 aliphatic heterocycles. The number of nitrogens with one attached hydrogen (secondary N) is 2. The summed E-state index contributed by atoms with van der Waals surface area (Å²) in [5, 5.41) is 2.52. The van der Waals surface area contributed by atoms with Crippen LogP contribution < -0.4 is 5.32 Å². The topological polar surface area (TPSA) is 106 Å². The third kappa shape index (κ3) is 11.0. The Morgan fingerprint density at radius 2 is 1.47 bits per heavy atom. The summed E-state index contributed by atoms with van der Waals surface area (Å²) < 4.78 is 32.0. The van der Waals surface area contributed by atoms with Crippen molar-refractivity contribution in [2.45, 2.75) is 90.9 Å². The highest BCUT2D eigenvalue weighted by atomic mass is 32.2. The predicted octanol–water partition coefficient (Wildman–Crippen LogP) is 5.03. The van der Waals surface area contributed by atoms with Crippen LogP contribution in [0, 0.1) is 4.78 Å². The number of ether oxygens (including phenoxy) is 2. The fraction of sp³-hybridized carbons (Fsp3) is 0.667. The van der Waals surface area contributed by atoms with E-state index in [4.69, 9.17) is 14.3 Å². The molecular formula is C24H40N2O5S. The summed E-state index contributed by atoms with van der Waals surface area (Å²) >= 11 is 0. The molecule has 7 nitrogen and oxygen atoms in total. The maximum atomic E-state index is 13.0. The predicted molar refractivity (Wildman–Crippen MR) is 128 cm³/mol. The molecule has 0 radical (unpaired) electrons. The number of carbonyl (C=O) groups is 2. The normalized spacial score (nSPS) is 15.4. The summed E-state index contributed by atoms with van der Waals surface area (Å²) in [6.07, 6.45) is -0.159. The zero-order valence-electron chi connectivity index (χ0n) is 20.7. The molecule has 0 fully saturated rings. The quantitative estimate of drug-likeness (QED) is 0.495. The molecule has 1 rings (SSSR count). The fourth-order valence-corrected chi connectivity index (χ4v) is 4.60. The van der Waals surface area contributed by atoms with Crippen LogP contribution in [0.25, 0.3) is 0 Å². The molecule has 0 aliphatic carbocycles. The molecule has 0 aliphatic rings. The smallest absolute Gasteiger partial charge is 0.408 e. The van der Waals surface area contributed by atoms with Crippen LogP contribution in [0.4, 0.5) is 4.79 Å². The highest BCUT2D eigenvalue weighted by Crippen LogP contribution is 2.27. The number of carbonyl (C=O) groups excluding carboxylic acids is 2. The van der Waals surface area contributed by atoms with Gasteiger partial charge in [-0.05, 0) is 65.4 Å². The first kappa shape index (κ1) is 27.9. The molecule has 0 spiro atoms. The Balaban J connectivity index is 2.83. The zero-order chi connectivity index (χ0) is 24.8. The van der Waals surface area contributed by atoms with Gasteiger partial charge in [-0.25, -0.2) is 13.8 Å². The Bertz CT molecular complexity index is 866. The van der Waals surface area contributed by atoms with Gasteiger partial charge in [0.2, 0.25) is 0 Å². The second-order valence-electron chi connectivity index (χ2n) is 10.7. The highest BCUT2D eigenvalue weighted by Gasteiger charge is 2.30. The van der Waals surface area contributed by atoms with Crippen molar-refractivity contribution in [1.82, 2.24) is 5.32 Å². The van der Waals surface area contributed by atoms with E-state index in [0.717, 1.165) is 5.56 Å². The van der Waals surface area contributed by atoms with Crippen LogP contribution in [0.15, 0.2) is 30.3 Å². The lowest BCUT2D eigenvalue weighted by molar-refractivity contribution is -0.157. The van der Waals surface area contributed by atoms with E-state index < -0.39 is 39.0 Å². The minimum atomic E-state index is -2.97. The first-order valence-corrected chi connectivity index (χ1v) is 12.8. The number of alkyl carbamates (subject to hydrolysis) is 1. The van der Waals surface area contributed by atoms with Gasteiger partial charge >= 0.3 is 12.1 Å². The van der Waals surface area contributed by atoms with Crippen LogP contribution in [0.5, 0.6) is 0 Å². The van der Waals surface area contributed by atoms with Crippen molar-refractivity contribution < 1.29 is 23.3 Å². The number of rotatable bonds is 9. The molecule has 0 aromatic heterocycles. The van der Waals surface area contributed by atoms with Gasteiger partial charge in [-0.15, -0.1) is 0 Å². The molecule has 0 heterocycles. The lowest BCUT2D eigenvalue weighted by Crippen LogP contribution is -2.46. The van der Waals surface area contributed by atoms with E-state index >= 15 is 0 Å². The van der Waals surface area contributed by atoms with Gasteiger partial charge in [-0.1, -0.05) is 44.2 Å². The van der Waals surface area contributed by atoms with Gasteiger partial charge in [-0.2, -0.15) is 0 Å². The number of benzene rings is 1. The number of hydrogen-bond donors (Lipinski definition) is 2. The van der Waals surface area contributed by atoms with Crippen LogP contribution in [-0.2, 0) is 29.4 Å². The molecule has 2 N–H and O–H groups in total. The molecule has 1 aromatic rings. The van der Waals surface area contributed by atoms with Gasteiger partial charge in [0.1, 0.15) is 17.2 Å². The van der Waals surface area contributed by atoms with Crippen molar-refractivity contribution in [3.05, 3.63) is 35.9 Å². The number of hydrogen-bond acceptors (Lipinski definition) is 6. The number of amides is 1. The van der Waals surface area contributed by atoms with Crippen LogP contribution in [0.2, 0.25) is 0 Å². The van der Waals surface area contributed by atoms with Gasteiger partial charge < -0.3 is 14.8 Å². The second-order valence-corrected chi connectivity index (χ2v) is 13.2. The summed E-state index contributed by atoms with van der Waals surface area (Å²) in [7, 11) is -2.97. The Hall–Kier alpha value is -2.09. The summed E-state index contributed by atoms with van der Waals surface area (Å²) in [5.41, 5.74) is -0.584. The minimum absolute atomic E-state index is 0.0300. The zero-order valence-corrected chi connectivity index (χ0v) is 21.6. The van der Waals surface area contributed by atoms with E-state index in [-0.39, 0.29) is 23.3 Å². The molecule has 182 valence electrons. The first-order valence-electron chi connectivity index (χ1n) is 10.9. The molecular weight excluding hydrogens is 428 g/mol. The average molecular weight is 469 g/mol. The second kappa shape index (κ2) is 10.7. The van der Waals surface area contributed by atoms with Crippen LogP contribution in [-0.4, -0.2) is 45.0 Å².